The first-order chi connectivity index (χ1) is 12.7. The van der Waals surface area contributed by atoms with Gasteiger partial charge in [-0.1, -0.05) is 55.3 Å². The normalized spacial score (nSPS) is 14.7. The summed E-state index contributed by atoms with van der Waals surface area (Å²) in [5, 5.41) is 8.77. The molecule has 2 aromatic rings. The van der Waals surface area contributed by atoms with E-state index in [-0.39, 0.29) is 11.2 Å². The Labute approximate surface area is 163 Å². The minimum absolute atomic E-state index is 0.0336. The lowest BCUT2D eigenvalue weighted by atomic mass is 9.82. The molecule has 0 amide bonds. The molecule has 2 rings (SSSR count). The highest BCUT2D eigenvalue weighted by molar-refractivity contribution is 7.48. The summed E-state index contributed by atoms with van der Waals surface area (Å²) >= 11 is 0. The molecule has 0 spiro atoms. The highest BCUT2D eigenvalue weighted by atomic mass is 31.1. The van der Waals surface area contributed by atoms with Gasteiger partial charge in [0, 0.05) is 10.7 Å². The van der Waals surface area contributed by atoms with Crippen LogP contribution in [-0.2, 0) is 10.6 Å². The monoisotopic (exact) mass is 418 g/mol. The van der Waals surface area contributed by atoms with Gasteiger partial charge >= 0.3 is 0 Å². The minimum Gasteiger partial charge on any atom is -0.507 e. The second-order valence-corrected chi connectivity index (χ2v) is 10.0. The summed E-state index contributed by atoms with van der Waals surface area (Å²) in [4.78, 5) is 0. The van der Waals surface area contributed by atoms with Gasteiger partial charge in [-0.15, -0.1) is 0 Å². The molecule has 2 atom stereocenters. The molecular weight excluding hydrogens is 394 g/mol. The number of phenols is 1. The number of halogens is 5. The third kappa shape index (κ3) is 3.89. The van der Waals surface area contributed by atoms with Gasteiger partial charge in [0.05, 0.1) is 5.30 Å². The molecule has 2 unspecified atom stereocenters. The van der Waals surface area contributed by atoms with E-state index in [0.717, 1.165) is 5.56 Å². The maximum atomic E-state index is 14.3. The predicted molar refractivity (Wildman–Crippen MR) is 103 cm³/mol. The van der Waals surface area contributed by atoms with Crippen LogP contribution in [0.4, 0.5) is 22.0 Å². The van der Waals surface area contributed by atoms with Crippen molar-refractivity contribution in [3.8, 4) is 5.75 Å². The summed E-state index contributed by atoms with van der Waals surface area (Å²) in [7, 11) is -0.771. The van der Waals surface area contributed by atoms with E-state index in [0.29, 0.717) is 17.5 Å². The topological polar surface area (TPSA) is 20.2 Å². The van der Waals surface area contributed by atoms with Gasteiger partial charge in [-0.2, -0.15) is 0 Å². The first kappa shape index (κ1) is 22.6. The zero-order chi connectivity index (χ0) is 21.6. The zero-order valence-electron chi connectivity index (χ0n) is 16.7. The number of benzene rings is 2. The lowest BCUT2D eigenvalue weighted by Crippen LogP contribution is -2.25. The van der Waals surface area contributed by atoms with Gasteiger partial charge in [0.25, 0.3) is 0 Å². The molecule has 0 aromatic heterocycles. The maximum Gasteiger partial charge on any atom is 0.200 e. The van der Waals surface area contributed by atoms with Crippen molar-refractivity contribution in [2.24, 2.45) is 0 Å². The average Bonchev–Trinajstić information content (AvgIpc) is 2.63. The van der Waals surface area contributed by atoms with Crippen molar-refractivity contribution in [3.05, 3.63) is 57.9 Å². The van der Waals surface area contributed by atoms with Gasteiger partial charge in [-0.3, -0.25) is 0 Å². The first-order valence-corrected chi connectivity index (χ1v) is 9.88. The first-order valence-electron chi connectivity index (χ1n) is 8.88. The molecule has 0 aliphatic carbocycles. The fraction of sp³-hybridized carbons (Fsp3) is 0.429. The fourth-order valence-corrected chi connectivity index (χ4v) is 4.46. The van der Waals surface area contributed by atoms with Crippen molar-refractivity contribution in [3.63, 3.8) is 0 Å². The van der Waals surface area contributed by atoms with Gasteiger partial charge in [0.15, 0.2) is 23.3 Å². The maximum absolute atomic E-state index is 14.3. The van der Waals surface area contributed by atoms with E-state index in [1.54, 1.807) is 26.8 Å². The molecule has 0 radical (unpaired) electrons. The second-order valence-electron chi connectivity index (χ2n) is 8.19. The smallest absolute Gasteiger partial charge is 0.200 e. The summed E-state index contributed by atoms with van der Waals surface area (Å²) in [6.07, 6.45) is 0.325. The third-order valence-electron chi connectivity index (χ3n) is 5.08. The summed E-state index contributed by atoms with van der Waals surface area (Å²) < 4.78 is 69.2. The van der Waals surface area contributed by atoms with Crippen LogP contribution in [0.2, 0.25) is 0 Å². The molecule has 0 fully saturated rings. The van der Waals surface area contributed by atoms with Crippen molar-refractivity contribution < 1.29 is 27.1 Å². The Morgan fingerprint density at radius 2 is 1.32 bits per heavy atom. The zero-order valence-corrected chi connectivity index (χ0v) is 17.7. The van der Waals surface area contributed by atoms with Gasteiger partial charge in [-0.25, -0.2) is 22.0 Å². The predicted octanol–water partition coefficient (Wildman–Crippen LogP) is 6.32. The van der Waals surface area contributed by atoms with E-state index < -0.39 is 48.1 Å². The second kappa shape index (κ2) is 7.62. The van der Waals surface area contributed by atoms with Crippen LogP contribution in [0, 0.1) is 36.0 Å². The summed E-state index contributed by atoms with van der Waals surface area (Å²) in [5.74, 6) is -9.76. The van der Waals surface area contributed by atoms with E-state index in [1.807, 2.05) is 26.8 Å². The molecule has 0 heterocycles. The van der Waals surface area contributed by atoms with Crippen molar-refractivity contribution >= 4 is 13.9 Å². The van der Waals surface area contributed by atoms with E-state index >= 15 is 0 Å². The van der Waals surface area contributed by atoms with Gasteiger partial charge in [-0.05, 0) is 29.9 Å². The molecular formula is C21H24F5OP. The van der Waals surface area contributed by atoms with E-state index in [2.05, 4.69) is 0 Å². The molecule has 154 valence electrons. The Morgan fingerprint density at radius 3 is 1.75 bits per heavy atom. The highest BCUT2D eigenvalue weighted by Gasteiger charge is 2.35. The van der Waals surface area contributed by atoms with Crippen LogP contribution in [0.3, 0.4) is 0 Å². The SMILES string of the molecule is CCC(C)(Pc1c(F)c(F)c(F)c(F)c1F)c1cc(C(C)(C)C)cc(C)c1O. The molecule has 1 N–H and O–H groups in total. The molecule has 0 aliphatic heterocycles. The van der Waals surface area contributed by atoms with Crippen molar-refractivity contribution in [2.45, 2.75) is 58.5 Å². The number of aromatic hydroxyl groups is 1. The van der Waals surface area contributed by atoms with Crippen LogP contribution in [0.15, 0.2) is 12.1 Å². The van der Waals surface area contributed by atoms with E-state index in [4.69, 9.17) is 0 Å². The molecule has 7 heteroatoms. The van der Waals surface area contributed by atoms with Crippen molar-refractivity contribution in [2.75, 3.05) is 0 Å². The van der Waals surface area contributed by atoms with Crippen molar-refractivity contribution in [1.29, 1.82) is 0 Å². The molecule has 0 aliphatic rings. The lowest BCUT2D eigenvalue weighted by molar-refractivity contribution is 0.384. The van der Waals surface area contributed by atoms with Gasteiger partial charge in [0.2, 0.25) is 5.82 Å². The molecule has 28 heavy (non-hydrogen) atoms. The minimum atomic E-state index is -2.17. The molecule has 0 saturated heterocycles. The number of rotatable bonds is 4. The molecule has 0 bridgehead atoms. The lowest BCUT2D eigenvalue weighted by Gasteiger charge is -2.33. The number of hydrogen-bond acceptors (Lipinski definition) is 1. The van der Waals surface area contributed by atoms with Crippen molar-refractivity contribution in [1.82, 2.24) is 0 Å². The molecule has 2 aromatic carbocycles. The molecule has 0 saturated carbocycles. The summed E-state index contributed by atoms with van der Waals surface area (Å²) in [6.45, 7) is 11.1. The van der Waals surface area contributed by atoms with Crippen LogP contribution < -0.4 is 5.30 Å². The number of aryl methyl sites for hydroxylation is 1. The Balaban J connectivity index is 2.70. The number of phenolic OH excluding ortho intramolecular Hbond substituents is 1. The van der Waals surface area contributed by atoms with Gasteiger partial charge < -0.3 is 5.11 Å². The van der Waals surface area contributed by atoms with E-state index in [1.165, 1.54) is 0 Å². The van der Waals surface area contributed by atoms with Crippen LogP contribution in [0.1, 0.15) is 57.7 Å². The average molecular weight is 418 g/mol. The Morgan fingerprint density at radius 1 is 0.857 bits per heavy atom. The Bertz CT molecular complexity index is 891. The standard InChI is InChI=1S/C21H24F5OP/c1-7-21(6,12-9-11(20(3,4)5)8-10(2)18(12)27)28-19-16(25)14(23)13(22)15(24)17(19)26/h8-9,27-28H,7H2,1-6H3. The number of hydrogen-bond donors (Lipinski definition) is 1. The van der Waals surface area contributed by atoms with Crippen LogP contribution in [0.25, 0.3) is 0 Å². The fourth-order valence-electron chi connectivity index (χ4n) is 2.97. The van der Waals surface area contributed by atoms with Crippen LogP contribution in [-0.4, -0.2) is 5.11 Å². The van der Waals surface area contributed by atoms with Crippen LogP contribution >= 0.6 is 8.58 Å². The van der Waals surface area contributed by atoms with E-state index in [9.17, 15) is 27.1 Å². The third-order valence-corrected chi connectivity index (χ3v) is 6.94. The van der Waals surface area contributed by atoms with Gasteiger partial charge in [0.1, 0.15) is 5.75 Å². The summed E-state index contributed by atoms with van der Waals surface area (Å²) in [6, 6.07) is 3.58. The molecule has 1 nitrogen and oxygen atoms in total. The quantitative estimate of drug-likeness (QED) is 0.267. The highest BCUT2D eigenvalue weighted by Crippen LogP contribution is 2.49. The largest absolute Gasteiger partial charge is 0.507 e. The Hall–Kier alpha value is -1.68. The summed E-state index contributed by atoms with van der Waals surface area (Å²) in [5.41, 5.74) is 1.67. The Kier molecular flexibility index (Phi) is 6.16. The van der Waals surface area contributed by atoms with Crippen LogP contribution in [0.5, 0.6) is 5.75 Å².